The van der Waals surface area contributed by atoms with Gasteiger partial charge in [-0.25, -0.2) is 4.98 Å². The monoisotopic (exact) mass is 284 g/mol. The third-order valence-corrected chi connectivity index (χ3v) is 3.45. The average Bonchev–Trinajstić information content (AvgIpc) is 2.25. The van der Waals surface area contributed by atoms with Crippen LogP contribution in [0.4, 0.5) is 0 Å². The minimum absolute atomic E-state index is 0.126. The van der Waals surface area contributed by atoms with Crippen molar-refractivity contribution in [3.63, 3.8) is 0 Å². The van der Waals surface area contributed by atoms with E-state index in [9.17, 15) is 0 Å². The Morgan fingerprint density at radius 3 is 2.88 bits per heavy atom. The molecule has 1 heterocycles. The van der Waals surface area contributed by atoms with E-state index < -0.39 is 0 Å². The number of hydrogen-bond donors (Lipinski definition) is 1. The molecule has 2 rings (SSSR count). The minimum atomic E-state index is 0.126. The van der Waals surface area contributed by atoms with Crippen molar-refractivity contribution in [3.05, 3.63) is 22.3 Å². The van der Waals surface area contributed by atoms with Crippen LogP contribution in [-0.2, 0) is 0 Å². The first-order valence-electron chi connectivity index (χ1n) is 5.71. The van der Waals surface area contributed by atoms with E-state index in [-0.39, 0.29) is 12.1 Å². The fourth-order valence-corrected chi connectivity index (χ4v) is 2.51. The Balaban J connectivity index is 2.07. The summed E-state index contributed by atoms with van der Waals surface area (Å²) in [6.07, 6.45) is 6.40. The highest BCUT2D eigenvalue weighted by Gasteiger charge is 2.24. The lowest BCUT2D eigenvalue weighted by Crippen LogP contribution is -2.41. The van der Waals surface area contributed by atoms with Gasteiger partial charge >= 0.3 is 0 Å². The molecule has 0 radical (unpaired) electrons. The van der Waals surface area contributed by atoms with Gasteiger partial charge in [0.1, 0.15) is 6.10 Å². The number of halogens is 1. The van der Waals surface area contributed by atoms with Crippen LogP contribution < -0.4 is 10.5 Å². The van der Waals surface area contributed by atoms with Crippen molar-refractivity contribution in [1.29, 1.82) is 0 Å². The lowest BCUT2D eigenvalue weighted by atomic mass is 9.93. The molecule has 2 atom stereocenters. The average molecular weight is 285 g/mol. The number of aryl methyl sites for hydroxylation is 1. The lowest BCUT2D eigenvalue weighted by Gasteiger charge is -2.29. The molecule has 1 aliphatic rings. The maximum Gasteiger partial charge on any atom is 0.216 e. The van der Waals surface area contributed by atoms with Gasteiger partial charge in [0.2, 0.25) is 5.88 Å². The Hall–Kier alpha value is -0.610. The van der Waals surface area contributed by atoms with Crippen molar-refractivity contribution in [3.8, 4) is 5.88 Å². The smallest absolute Gasteiger partial charge is 0.216 e. The van der Waals surface area contributed by atoms with Gasteiger partial charge in [-0.05, 0) is 48.2 Å². The summed E-state index contributed by atoms with van der Waals surface area (Å²) in [6, 6.07) is 2.16. The molecule has 3 nitrogen and oxygen atoms in total. The second-order valence-electron chi connectivity index (χ2n) is 4.38. The highest BCUT2D eigenvalue weighted by atomic mass is 79.9. The quantitative estimate of drug-likeness (QED) is 0.909. The van der Waals surface area contributed by atoms with Gasteiger partial charge in [0.25, 0.3) is 0 Å². The Bertz CT molecular complexity index is 370. The standard InChI is InChI=1S/C12H17BrN2O/c1-8-6-9(13)7-15-12(8)16-11-5-3-2-4-10(11)14/h6-7,10-11H,2-5,14H2,1H3. The van der Waals surface area contributed by atoms with Gasteiger partial charge < -0.3 is 10.5 Å². The molecule has 2 N–H and O–H groups in total. The number of aromatic nitrogens is 1. The van der Waals surface area contributed by atoms with Gasteiger partial charge in [-0.3, -0.25) is 0 Å². The molecule has 88 valence electrons. The van der Waals surface area contributed by atoms with E-state index in [1.165, 1.54) is 12.8 Å². The van der Waals surface area contributed by atoms with Crippen molar-refractivity contribution in [2.45, 2.75) is 44.8 Å². The molecule has 0 aliphatic heterocycles. The Labute approximate surface area is 105 Å². The molecule has 0 saturated heterocycles. The van der Waals surface area contributed by atoms with Crippen molar-refractivity contribution in [2.75, 3.05) is 0 Å². The number of ether oxygens (including phenoxy) is 1. The fraction of sp³-hybridized carbons (Fsp3) is 0.583. The zero-order valence-electron chi connectivity index (χ0n) is 9.45. The molecule has 16 heavy (non-hydrogen) atoms. The first-order valence-corrected chi connectivity index (χ1v) is 6.50. The van der Waals surface area contributed by atoms with E-state index in [4.69, 9.17) is 10.5 Å². The zero-order chi connectivity index (χ0) is 11.5. The summed E-state index contributed by atoms with van der Waals surface area (Å²) in [5, 5.41) is 0. The van der Waals surface area contributed by atoms with Gasteiger partial charge in [-0.1, -0.05) is 6.42 Å². The highest BCUT2D eigenvalue weighted by molar-refractivity contribution is 9.10. The summed E-state index contributed by atoms with van der Waals surface area (Å²) in [6.45, 7) is 2.00. The van der Waals surface area contributed by atoms with Crippen LogP contribution in [-0.4, -0.2) is 17.1 Å². The predicted octanol–water partition coefficient (Wildman–Crippen LogP) is 2.80. The molecule has 0 bridgehead atoms. The van der Waals surface area contributed by atoms with E-state index in [2.05, 4.69) is 20.9 Å². The van der Waals surface area contributed by atoms with E-state index in [0.29, 0.717) is 5.88 Å². The molecule has 2 unspecified atom stereocenters. The van der Waals surface area contributed by atoms with Crippen molar-refractivity contribution < 1.29 is 4.74 Å². The first-order chi connectivity index (χ1) is 7.66. The van der Waals surface area contributed by atoms with Gasteiger partial charge in [0, 0.05) is 22.3 Å². The van der Waals surface area contributed by atoms with Crippen LogP contribution in [0.15, 0.2) is 16.7 Å². The molecular weight excluding hydrogens is 268 g/mol. The Morgan fingerprint density at radius 1 is 1.44 bits per heavy atom. The highest BCUT2D eigenvalue weighted by Crippen LogP contribution is 2.25. The zero-order valence-corrected chi connectivity index (χ0v) is 11.0. The van der Waals surface area contributed by atoms with Crippen LogP contribution in [0.2, 0.25) is 0 Å². The van der Waals surface area contributed by atoms with E-state index in [1.54, 1.807) is 6.20 Å². The second-order valence-corrected chi connectivity index (χ2v) is 5.30. The fourth-order valence-electron chi connectivity index (χ4n) is 2.07. The van der Waals surface area contributed by atoms with Crippen molar-refractivity contribution in [2.24, 2.45) is 5.73 Å². The molecular formula is C12H17BrN2O. The maximum atomic E-state index is 6.04. The summed E-state index contributed by atoms with van der Waals surface area (Å²) in [7, 11) is 0. The molecule has 0 amide bonds. The molecule has 4 heteroatoms. The summed E-state index contributed by atoms with van der Waals surface area (Å²) in [5.41, 5.74) is 7.09. The molecule has 1 aliphatic carbocycles. The molecule has 1 aromatic heterocycles. The van der Waals surface area contributed by atoms with Crippen LogP contribution in [0, 0.1) is 6.92 Å². The van der Waals surface area contributed by atoms with E-state index in [1.807, 2.05) is 13.0 Å². The van der Waals surface area contributed by atoms with Crippen LogP contribution in [0.1, 0.15) is 31.2 Å². The maximum absolute atomic E-state index is 6.04. The number of nitrogens with two attached hydrogens (primary N) is 1. The summed E-state index contributed by atoms with van der Waals surface area (Å²) < 4.78 is 6.87. The minimum Gasteiger partial charge on any atom is -0.473 e. The van der Waals surface area contributed by atoms with Crippen LogP contribution in [0.3, 0.4) is 0 Å². The summed E-state index contributed by atoms with van der Waals surface area (Å²) in [4.78, 5) is 4.28. The third-order valence-electron chi connectivity index (χ3n) is 3.01. The third kappa shape index (κ3) is 2.74. The van der Waals surface area contributed by atoms with Crippen LogP contribution >= 0.6 is 15.9 Å². The summed E-state index contributed by atoms with van der Waals surface area (Å²) >= 11 is 3.39. The SMILES string of the molecule is Cc1cc(Br)cnc1OC1CCCCC1N. The Kier molecular flexibility index (Phi) is 3.82. The van der Waals surface area contributed by atoms with Gasteiger partial charge in [0.15, 0.2) is 0 Å². The van der Waals surface area contributed by atoms with Crippen LogP contribution in [0.5, 0.6) is 5.88 Å². The number of hydrogen-bond acceptors (Lipinski definition) is 3. The van der Waals surface area contributed by atoms with Gasteiger partial charge in [-0.2, -0.15) is 0 Å². The van der Waals surface area contributed by atoms with Crippen LogP contribution in [0.25, 0.3) is 0 Å². The molecule has 1 fully saturated rings. The molecule has 1 saturated carbocycles. The van der Waals surface area contributed by atoms with Gasteiger partial charge in [0.05, 0.1) is 0 Å². The Morgan fingerprint density at radius 2 is 2.19 bits per heavy atom. The lowest BCUT2D eigenvalue weighted by molar-refractivity contribution is 0.126. The van der Waals surface area contributed by atoms with Crippen molar-refractivity contribution >= 4 is 15.9 Å². The molecule has 0 spiro atoms. The normalized spacial score (nSPS) is 25.4. The molecule has 1 aromatic rings. The first kappa shape index (κ1) is 11.9. The summed E-state index contributed by atoms with van der Waals surface area (Å²) in [5.74, 6) is 0.713. The number of nitrogens with zero attached hydrogens (tertiary/aromatic N) is 1. The van der Waals surface area contributed by atoms with E-state index in [0.717, 1.165) is 22.9 Å². The van der Waals surface area contributed by atoms with E-state index >= 15 is 0 Å². The predicted molar refractivity (Wildman–Crippen MR) is 67.5 cm³/mol. The second kappa shape index (κ2) is 5.15. The van der Waals surface area contributed by atoms with Gasteiger partial charge in [-0.15, -0.1) is 0 Å². The number of pyridine rings is 1. The topological polar surface area (TPSA) is 48.1 Å². The van der Waals surface area contributed by atoms with Crippen molar-refractivity contribution in [1.82, 2.24) is 4.98 Å². The number of rotatable bonds is 2. The largest absolute Gasteiger partial charge is 0.473 e. The molecule has 0 aromatic carbocycles.